The Kier molecular flexibility index (Phi) is 3.71. The second-order valence-corrected chi connectivity index (χ2v) is 7.13. The van der Waals surface area contributed by atoms with E-state index in [2.05, 4.69) is 10.3 Å². The zero-order valence-electron chi connectivity index (χ0n) is 14.7. The normalized spacial score (nSPS) is 12.4. The minimum atomic E-state index is -0.129. The van der Waals surface area contributed by atoms with Gasteiger partial charge in [-0.05, 0) is 30.3 Å². The zero-order valence-corrected chi connectivity index (χ0v) is 14.7. The number of phenols is 1. The van der Waals surface area contributed by atoms with Crippen LogP contribution >= 0.6 is 0 Å². The zero-order chi connectivity index (χ0) is 18.5. The van der Waals surface area contributed by atoms with Gasteiger partial charge in [0, 0.05) is 18.7 Å². The van der Waals surface area contributed by atoms with Crippen LogP contribution in [0, 0.1) is 0 Å². The van der Waals surface area contributed by atoms with E-state index in [1.807, 2.05) is 16.5 Å². The SMILES string of the molecule is C[N+](C)(O)CCCNc1ccc2ncn3c4ccc(O)cc4c(=O)c1c23. The highest BCUT2D eigenvalue weighted by atomic mass is 16.5. The minimum absolute atomic E-state index is 0.0605. The van der Waals surface area contributed by atoms with Crippen molar-refractivity contribution in [2.75, 3.05) is 32.5 Å². The van der Waals surface area contributed by atoms with Crippen LogP contribution in [0.4, 0.5) is 5.69 Å². The summed E-state index contributed by atoms with van der Waals surface area (Å²) in [4.78, 5) is 17.5. The summed E-state index contributed by atoms with van der Waals surface area (Å²) in [6, 6.07) is 8.55. The first-order chi connectivity index (χ1) is 12.3. The number of benzene rings is 2. The molecule has 0 atom stereocenters. The molecule has 0 fully saturated rings. The molecule has 0 saturated heterocycles. The molecule has 2 aromatic carbocycles. The molecule has 0 radical (unpaired) electrons. The molecular formula is C19H21N4O3+. The van der Waals surface area contributed by atoms with Crippen LogP contribution in [-0.2, 0) is 0 Å². The summed E-state index contributed by atoms with van der Waals surface area (Å²) in [5.41, 5.74) is 2.86. The molecule has 26 heavy (non-hydrogen) atoms. The van der Waals surface area contributed by atoms with Crippen LogP contribution in [0.2, 0.25) is 0 Å². The third-order valence-electron chi connectivity index (χ3n) is 4.62. The third-order valence-corrected chi connectivity index (χ3v) is 4.62. The first kappa shape index (κ1) is 16.6. The number of nitrogens with zero attached hydrogens (tertiary/aromatic N) is 3. The van der Waals surface area contributed by atoms with E-state index in [9.17, 15) is 15.1 Å². The number of nitrogens with one attached hydrogen (secondary N) is 1. The number of phenolic OH excluding ortho intramolecular Hbond substituents is 1. The number of aromatic hydroxyl groups is 1. The van der Waals surface area contributed by atoms with E-state index in [0.29, 0.717) is 23.9 Å². The maximum Gasteiger partial charge on any atom is 0.199 e. The van der Waals surface area contributed by atoms with Crippen molar-refractivity contribution in [3.8, 4) is 5.75 Å². The number of aromatic nitrogens is 2. The molecule has 2 heterocycles. The number of fused-ring (bicyclic) bond motifs is 2. The Labute approximate surface area is 149 Å². The number of anilines is 1. The summed E-state index contributed by atoms with van der Waals surface area (Å²) in [7, 11) is 3.45. The van der Waals surface area contributed by atoms with Gasteiger partial charge in [0.1, 0.15) is 18.6 Å². The molecule has 0 saturated carbocycles. The highest BCUT2D eigenvalue weighted by Crippen LogP contribution is 2.29. The molecular weight excluding hydrogens is 332 g/mol. The number of quaternary nitrogens is 1. The smallest absolute Gasteiger partial charge is 0.199 e. The molecule has 3 N–H and O–H groups in total. The standard InChI is InChI=1S/C19H20N4O3/c1-23(2,26)9-3-8-20-14-5-6-15-18-17(14)19(25)13-10-12(24)4-7-16(13)22(18)11-21-15/h4-7,10-11,26H,3,8-9H2,1-2H3,(H-,20,24,25)/p+1. The molecule has 0 aliphatic carbocycles. The van der Waals surface area contributed by atoms with Crippen molar-refractivity contribution in [3.63, 3.8) is 0 Å². The molecule has 7 heteroatoms. The van der Waals surface area contributed by atoms with Gasteiger partial charge in [0.2, 0.25) is 0 Å². The molecule has 4 aromatic rings. The van der Waals surface area contributed by atoms with Gasteiger partial charge in [-0.2, -0.15) is 4.65 Å². The van der Waals surface area contributed by atoms with E-state index >= 15 is 0 Å². The Morgan fingerprint density at radius 2 is 2.04 bits per heavy atom. The quantitative estimate of drug-likeness (QED) is 0.222. The van der Waals surface area contributed by atoms with Gasteiger partial charge in [-0.15, -0.1) is 0 Å². The van der Waals surface area contributed by atoms with Crippen molar-refractivity contribution >= 4 is 33.0 Å². The van der Waals surface area contributed by atoms with E-state index < -0.39 is 0 Å². The lowest BCUT2D eigenvalue weighted by Crippen LogP contribution is -2.36. The largest absolute Gasteiger partial charge is 0.508 e. The van der Waals surface area contributed by atoms with Crippen molar-refractivity contribution in [1.82, 2.24) is 9.38 Å². The minimum Gasteiger partial charge on any atom is -0.508 e. The average molecular weight is 353 g/mol. The summed E-state index contributed by atoms with van der Waals surface area (Å²) in [6.45, 7) is 1.24. The van der Waals surface area contributed by atoms with Crippen LogP contribution in [0.5, 0.6) is 5.75 Å². The van der Waals surface area contributed by atoms with Crippen LogP contribution in [0.25, 0.3) is 27.3 Å². The van der Waals surface area contributed by atoms with Gasteiger partial charge in [-0.3, -0.25) is 9.20 Å². The summed E-state index contributed by atoms with van der Waals surface area (Å²) >= 11 is 0. The topological polar surface area (TPSA) is 86.9 Å². The van der Waals surface area contributed by atoms with Gasteiger partial charge in [0.05, 0.1) is 41.4 Å². The fourth-order valence-corrected chi connectivity index (χ4v) is 3.41. The summed E-state index contributed by atoms with van der Waals surface area (Å²) in [6.07, 6.45) is 2.46. The lowest BCUT2D eigenvalue weighted by atomic mass is 10.1. The summed E-state index contributed by atoms with van der Waals surface area (Å²) in [5, 5.41) is 23.9. The Morgan fingerprint density at radius 3 is 2.81 bits per heavy atom. The maximum atomic E-state index is 13.1. The van der Waals surface area contributed by atoms with Gasteiger partial charge in [-0.25, -0.2) is 10.2 Å². The Morgan fingerprint density at radius 1 is 1.23 bits per heavy atom. The van der Waals surface area contributed by atoms with E-state index in [1.54, 1.807) is 32.6 Å². The highest BCUT2D eigenvalue weighted by Gasteiger charge is 2.17. The molecule has 0 spiro atoms. The second kappa shape index (κ2) is 5.82. The molecule has 4 rings (SSSR count). The Hall–Kier alpha value is -2.90. The van der Waals surface area contributed by atoms with Crippen molar-refractivity contribution < 1.29 is 15.0 Å². The fraction of sp³-hybridized carbons (Fsp3) is 0.263. The van der Waals surface area contributed by atoms with Gasteiger partial charge < -0.3 is 10.4 Å². The van der Waals surface area contributed by atoms with Gasteiger partial charge in [0.15, 0.2) is 5.43 Å². The second-order valence-electron chi connectivity index (χ2n) is 7.13. The maximum absolute atomic E-state index is 13.1. The fourth-order valence-electron chi connectivity index (χ4n) is 3.41. The van der Waals surface area contributed by atoms with E-state index in [1.165, 1.54) is 6.07 Å². The van der Waals surface area contributed by atoms with Crippen molar-refractivity contribution in [1.29, 1.82) is 0 Å². The number of pyridine rings is 1. The lowest BCUT2D eigenvalue weighted by Gasteiger charge is -2.19. The van der Waals surface area contributed by atoms with E-state index in [-0.39, 0.29) is 15.8 Å². The van der Waals surface area contributed by atoms with Crippen LogP contribution < -0.4 is 10.7 Å². The van der Waals surface area contributed by atoms with Crippen LogP contribution in [0.1, 0.15) is 6.42 Å². The monoisotopic (exact) mass is 353 g/mol. The number of hydrogen-bond donors (Lipinski definition) is 3. The average Bonchev–Trinajstić information content (AvgIpc) is 3.00. The van der Waals surface area contributed by atoms with E-state index in [0.717, 1.165) is 28.7 Å². The first-order valence-electron chi connectivity index (χ1n) is 8.53. The lowest BCUT2D eigenvalue weighted by molar-refractivity contribution is -1.07. The van der Waals surface area contributed by atoms with Crippen molar-refractivity contribution in [2.45, 2.75) is 6.42 Å². The molecule has 7 nitrogen and oxygen atoms in total. The summed E-state index contributed by atoms with van der Waals surface area (Å²) < 4.78 is 1.80. The molecule has 134 valence electrons. The predicted molar refractivity (Wildman–Crippen MR) is 101 cm³/mol. The molecule has 0 aliphatic rings. The molecule has 0 unspecified atom stereocenters. The number of rotatable bonds is 5. The first-order valence-corrected chi connectivity index (χ1v) is 8.53. The van der Waals surface area contributed by atoms with Gasteiger partial charge >= 0.3 is 0 Å². The van der Waals surface area contributed by atoms with Crippen LogP contribution in [-0.4, -0.2) is 51.5 Å². The molecule has 0 aliphatic heterocycles. The molecule has 0 bridgehead atoms. The van der Waals surface area contributed by atoms with E-state index in [4.69, 9.17) is 0 Å². The van der Waals surface area contributed by atoms with Crippen LogP contribution in [0.15, 0.2) is 41.5 Å². The Balaban J connectivity index is 1.85. The highest BCUT2D eigenvalue weighted by molar-refractivity contribution is 6.07. The Bertz CT molecular complexity index is 1160. The summed E-state index contributed by atoms with van der Waals surface area (Å²) in [5.74, 6) is 0.0605. The van der Waals surface area contributed by atoms with Gasteiger partial charge in [0.25, 0.3) is 0 Å². The predicted octanol–water partition coefficient (Wildman–Crippen LogP) is 2.41. The molecule has 0 amide bonds. The third kappa shape index (κ3) is 2.71. The van der Waals surface area contributed by atoms with Crippen LogP contribution in [0.3, 0.4) is 0 Å². The van der Waals surface area contributed by atoms with Crippen molar-refractivity contribution in [3.05, 3.63) is 46.9 Å². The number of imidazole rings is 1. The molecule has 2 aromatic heterocycles. The number of hydrogen-bond acceptors (Lipinski definition) is 5. The van der Waals surface area contributed by atoms with Crippen molar-refractivity contribution in [2.24, 2.45) is 0 Å². The number of hydroxylamine groups is 3. The van der Waals surface area contributed by atoms with Gasteiger partial charge in [-0.1, -0.05) is 0 Å².